The first-order valence-electron chi connectivity index (χ1n) is 25.0. The van der Waals surface area contributed by atoms with Gasteiger partial charge in [0, 0.05) is 62.5 Å². The van der Waals surface area contributed by atoms with Gasteiger partial charge in [-0.15, -0.1) is 0 Å². The van der Waals surface area contributed by atoms with Crippen LogP contribution in [-0.2, 0) is 38.2 Å². The Bertz CT molecular complexity index is 3410. The molecule has 0 aliphatic carbocycles. The Hall–Kier alpha value is -7.16. The molecule has 0 aliphatic rings. The van der Waals surface area contributed by atoms with E-state index < -0.39 is 54.9 Å². The average Bonchev–Trinajstić information content (AvgIpc) is 3.74. The summed E-state index contributed by atoms with van der Waals surface area (Å²) in [5.41, 5.74) is 3.33. The van der Waals surface area contributed by atoms with Crippen molar-refractivity contribution < 1.29 is 20.9 Å². The summed E-state index contributed by atoms with van der Waals surface area (Å²) in [7, 11) is 0. The number of furan rings is 1. The van der Waals surface area contributed by atoms with Crippen molar-refractivity contribution in [3.63, 3.8) is 0 Å². The summed E-state index contributed by atoms with van der Waals surface area (Å²) in [6.45, 7) is 3.22. The van der Waals surface area contributed by atoms with E-state index in [0.29, 0.717) is 50.5 Å². The molecule has 0 spiro atoms. The number of aryl methyl sites for hydroxylation is 8. The number of pyridine rings is 3. The van der Waals surface area contributed by atoms with Crippen LogP contribution in [-0.4, -0.2) is 15.0 Å². The summed E-state index contributed by atoms with van der Waals surface area (Å²) < 4.78 is 120. The molecule has 4 aromatic heterocycles. The van der Waals surface area contributed by atoms with E-state index in [4.69, 9.17) is 4.42 Å². The van der Waals surface area contributed by atoms with E-state index in [0.717, 1.165) is 40.1 Å². The third kappa shape index (κ3) is 8.30. The molecule has 5 nitrogen and oxygen atoms in total. The van der Waals surface area contributed by atoms with Gasteiger partial charge in [0.2, 0.25) is 0 Å². The van der Waals surface area contributed by atoms with Gasteiger partial charge in [0.05, 0.1) is 28.7 Å². The lowest BCUT2D eigenvalue weighted by Gasteiger charge is -2.13. The van der Waals surface area contributed by atoms with Crippen LogP contribution in [0.3, 0.4) is 0 Å². The van der Waals surface area contributed by atoms with E-state index in [1.807, 2.05) is 66.7 Å². The third-order valence-corrected chi connectivity index (χ3v) is 10.00. The Balaban J connectivity index is 1.15. The fourth-order valence-corrected chi connectivity index (χ4v) is 6.87. The number of hydrogen-bond acceptors (Lipinski definition) is 5. The van der Waals surface area contributed by atoms with Crippen molar-refractivity contribution >= 4 is 21.9 Å². The molecule has 0 bridgehead atoms. The second kappa shape index (κ2) is 16.7. The SMILES string of the molecule is [2H]C([2H])(c1ccc(-c2cccc3c2oc2cc(C#N)ccc23)nc1)C([2H])([2H])c1cc(C([2H])([2H])C([2H])([2H])c2cnc(-c3ccccc3)cc2C)cc(C([2H])([2H])C([2H])([2H])c2cnc(-c3ccccc3)cc2C)c1. The minimum absolute atomic E-state index is 0.137. The Kier molecular flexibility index (Phi) is 7.37. The summed E-state index contributed by atoms with van der Waals surface area (Å²) in [4.78, 5) is 13.5. The number of fused-ring (bicyclic) bond motifs is 3. The molecule has 9 aromatic rings. The summed E-state index contributed by atoms with van der Waals surface area (Å²) in [5.74, 6) is 0. The second-order valence-corrected chi connectivity index (χ2v) is 14.1. The van der Waals surface area contributed by atoms with Gasteiger partial charge in [-0.3, -0.25) is 15.0 Å². The first-order valence-corrected chi connectivity index (χ1v) is 19.0. The van der Waals surface area contributed by atoms with Crippen molar-refractivity contribution in [3.8, 4) is 39.8 Å². The second-order valence-electron chi connectivity index (χ2n) is 14.1. The standard InChI is InChI=1S/C54H44N4O/c1-36-26-51(43-10-5-3-6-11-43)57-34-45(36)22-18-40-28-39(29-41(30-40)19-23-46-35-58-52(27-37(46)2)44-12-7-4-8-13-44)17-16-38-21-25-50(56-33-38)49-15-9-14-48-47-24-20-42(32-55)31-53(47)59-54(48)49/h3-15,20-21,24-31,33-35H,16-19,22-23H2,1-2H3/i16D2,17D2,18D2,19D2,22D2,23D2. The van der Waals surface area contributed by atoms with Crippen LogP contribution in [0.2, 0.25) is 0 Å². The number of aromatic nitrogens is 3. The van der Waals surface area contributed by atoms with Crippen LogP contribution in [0.15, 0.2) is 163 Å². The monoisotopic (exact) mass is 776 g/mol. The van der Waals surface area contributed by atoms with Gasteiger partial charge in [-0.25, -0.2) is 0 Å². The molecule has 0 saturated carbocycles. The molecule has 0 atom stereocenters. The molecule has 9 rings (SSSR count). The van der Waals surface area contributed by atoms with Gasteiger partial charge in [-0.2, -0.15) is 5.26 Å². The summed E-state index contributed by atoms with van der Waals surface area (Å²) in [6.07, 6.45) is -14.4. The number of nitriles is 1. The lowest BCUT2D eigenvalue weighted by Crippen LogP contribution is -2.02. The smallest absolute Gasteiger partial charge is 0.144 e. The predicted octanol–water partition coefficient (Wildman–Crippen LogP) is 12.6. The van der Waals surface area contributed by atoms with Gasteiger partial charge < -0.3 is 4.42 Å². The lowest BCUT2D eigenvalue weighted by molar-refractivity contribution is 0.669. The highest BCUT2D eigenvalue weighted by Gasteiger charge is 2.14. The fourth-order valence-electron chi connectivity index (χ4n) is 6.87. The number of benzene rings is 5. The van der Waals surface area contributed by atoms with Gasteiger partial charge in [0.15, 0.2) is 0 Å². The van der Waals surface area contributed by atoms with Crippen molar-refractivity contribution in [1.82, 2.24) is 15.0 Å². The van der Waals surface area contributed by atoms with Gasteiger partial charge in [-0.1, -0.05) is 97.1 Å². The Labute approximate surface area is 362 Å². The Morgan fingerprint density at radius 2 is 1.07 bits per heavy atom. The topological polar surface area (TPSA) is 75.6 Å². The molecule has 0 amide bonds. The molecule has 0 aliphatic heterocycles. The predicted molar refractivity (Wildman–Crippen MR) is 239 cm³/mol. The first-order chi connectivity index (χ1) is 33.5. The maximum atomic E-state index is 9.52. The largest absolute Gasteiger partial charge is 0.455 e. The maximum Gasteiger partial charge on any atom is 0.144 e. The Morgan fingerprint density at radius 3 is 1.61 bits per heavy atom. The van der Waals surface area contributed by atoms with E-state index in [1.54, 1.807) is 56.3 Å². The van der Waals surface area contributed by atoms with Gasteiger partial charge in [0.1, 0.15) is 11.2 Å². The van der Waals surface area contributed by atoms with Crippen molar-refractivity contribution in [1.29, 1.82) is 5.26 Å². The highest BCUT2D eigenvalue weighted by molar-refractivity contribution is 6.09. The number of nitrogens with zero attached hydrogens (tertiary/aromatic N) is 4. The number of para-hydroxylation sites is 1. The molecule has 4 heterocycles. The molecule has 5 aromatic carbocycles. The van der Waals surface area contributed by atoms with Gasteiger partial charge >= 0.3 is 0 Å². The van der Waals surface area contributed by atoms with Crippen LogP contribution in [0.25, 0.3) is 55.7 Å². The summed E-state index contributed by atoms with van der Waals surface area (Å²) in [5, 5.41) is 11.0. The normalized spacial score (nSPS) is 15.7. The molecular formula is C54H44N4O. The van der Waals surface area contributed by atoms with Gasteiger partial charge in [-0.05, 0) is 139 Å². The van der Waals surface area contributed by atoms with Crippen LogP contribution in [0.1, 0.15) is 66.5 Å². The van der Waals surface area contributed by atoms with E-state index in [9.17, 15) is 21.7 Å². The molecule has 0 N–H and O–H groups in total. The lowest BCUT2D eigenvalue weighted by atomic mass is 9.93. The van der Waals surface area contributed by atoms with Gasteiger partial charge in [0.25, 0.3) is 0 Å². The molecule has 0 unspecified atom stereocenters. The van der Waals surface area contributed by atoms with E-state index in [1.165, 1.54) is 30.7 Å². The number of rotatable bonds is 12. The van der Waals surface area contributed by atoms with Crippen molar-refractivity contribution in [2.24, 2.45) is 0 Å². The number of hydrogen-bond donors (Lipinski definition) is 0. The molecule has 59 heavy (non-hydrogen) atoms. The summed E-state index contributed by atoms with van der Waals surface area (Å²) >= 11 is 0. The van der Waals surface area contributed by atoms with E-state index >= 15 is 0 Å². The van der Waals surface area contributed by atoms with Crippen molar-refractivity contribution in [3.05, 3.63) is 208 Å². The first kappa shape index (κ1) is 26.0. The van der Waals surface area contributed by atoms with Crippen LogP contribution in [0.5, 0.6) is 0 Å². The zero-order chi connectivity index (χ0) is 50.9. The molecule has 0 fully saturated rings. The average molecular weight is 777 g/mol. The molecular weight excluding hydrogens is 721 g/mol. The van der Waals surface area contributed by atoms with Crippen LogP contribution in [0, 0.1) is 25.2 Å². The zero-order valence-electron chi connectivity index (χ0n) is 44.2. The van der Waals surface area contributed by atoms with Crippen molar-refractivity contribution in [2.45, 2.75) is 52.1 Å². The minimum atomic E-state index is -3.12. The van der Waals surface area contributed by atoms with E-state index in [2.05, 4.69) is 21.0 Å². The van der Waals surface area contributed by atoms with Crippen LogP contribution < -0.4 is 0 Å². The summed E-state index contributed by atoms with van der Waals surface area (Å²) in [6, 6.07) is 40.0. The molecule has 0 saturated heterocycles. The third-order valence-electron chi connectivity index (χ3n) is 10.00. The van der Waals surface area contributed by atoms with Crippen LogP contribution in [0.4, 0.5) is 0 Å². The zero-order valence-corrected chi connectivity index (χ0v) is 32.2. The molecule has 5 heteroatoms. The fraction of sp³-hybridized carbons (Fsp3) is 0.148. The Morgan fingerprint density at radius 1 is 0.508 bits per heavy atom. The minimum Gasteiger partial charge on any atom is -0.455 e. The highest BCUT2D eigenvalue weighted by Crippen LogP contribution is 2.35. The molecule has 286 valence electrons. The quantitative estimate of drug-likeness (QED) is 0.123. The highest BCUT2D eigenvalue weighted by atomic mass is 16.3. The van der Waals surface area contributed by atoms with Crippen molar-refractivity contribution in [2.75, 3.05) is 0 Å². The molecule has 0 radical (unpaired) electrons. The van der Waals surface area contributed by atoms with E-state index in [-0.39, 0.29) is 16.7 Å². The van der Waals surface area contributed by atoms with Crippen LogP contribution >= 0.6 is 0 Å². The maximum absolute atomic E-state index is 9.52.